The van der Waals surface area contributed by atoms with Gasteiger partial charge in [-0.25, -0.2) is 0 Å². The Balaban J connectivity index is -0.000000372. The Kier molecular flexibility index (Phi) is 25.3. The normalized spacial score (nSPS) is 10.2. The molecule has 0 aliphatic heterocycles. The first kappa shape index (κ1) is 29.3. The smallest absolute Gasteiger partial charge is 0.550 e. The van der Waals surface area contributed by atoms with E-state index < -0.39 is 11.9 Å². The van der Waals surface area contributed by atoms with Gasteiger partial charge in [0.2, 0.25) is 0 Å². The van der Waals surface area contributed by atoms with Crippen LogP contribution in [0.1, 0.15) is 105 Å². The van der Waals surface area contributed by atoms with E-state index in [0.29, 0.717) is 0 Å². The van der Waals surface area contributed by atoms with E-state index in [1.54, 1.807) is 0 Å². The number of carboxylic acids is 2. The van der Waals surface area contributed by atoms with E-state index in [0.717, 1.165) is 50.4 Å². The molecule has 0 radical (unpaired) electrons. The number of rotatable bonds is 14. The molecular formula is C20H38O4Zn. The van der Waals surface area contributed by atoms with Crippen LogP contribution in [-0.4, -0.2) is 11.9 Å². The molecule has 0 rings (SSSR count). The van der Waals surface area contributed by atoms with E-state index in [1.807, 2.05) is 0 Å². The van der Waals surface area contributed by atoms with Gasteiger partial charge < -0.3 is 19.8 Å². The summed E-state index contributed by atoms with van der Waals surface area (Å²) in [5.74, 6) is -0.296. The van der Waals surface area contributed by atoms with Crippen LogP contribution in [0.2, 0.25) is 0 Å². The van der Waals surface area contributed by atoms with Crippen molar-refractivity contribution in [2.45, 2.75) is 105 Å². The molecule has 4 nitrogen and oxygen atoms in total. The fourth-order valence-corrected chi connectivity index (χ4v) is 2.35. The number of carbonyl (C=O) groups is 2. The van der Waals surface area contributed by atoms with Crippen LogP contribution in [0.25, 0.3) is 0 Å². The minimum Gasteiger partial charge on any atom is -0.550 e. The molecule has 25 heavy (non-hydrogen) atoms. The third kappa shape index (κ3) is 35.5. The van der Waals surface area contributed by atoms with E-state index in [-0.39, 0.29) is 32.3 Å². The largest absolute Gasteiger partial charge is 2.00 e. The fraction of sp³-hybridized carbons (Fsp3) is 0.900. The Bertz CT molecular complexity index is 274. The maximum absolute atomic E-state index is 10.0. The zero-order valence-corrected chi connectivity index (χ0v) is 19.9. The first-order chi connectivity index (χ1) is 11.3. The van der Waals surface area contributed by atoms with Gasteiger partial charge in [0, 0.05) is 11.9 Å². The molecule has 0 saturated carbocycles. The summed E-state index contributed by atoms with van der Waals surface area (Å²) in [6, 6.07) is 0. The van der Waals surface area contributed by atoms with E-state index in [2.05, 4.69) is 27.7 Å². The Morgan fingerprint density at radius 1 is 0.600 bits per heavy atom. The Morgan fingerprint density at radius 2 is 0.880 bits per heavy atom. The van der Waals surface area contributed by atoms with Crippen LogP contribution in [0.4, 0.5) is 0 Å². The second-order valence-electron chi connectivity index (χ2n) is 7.44. The molecule has 0 aromatic heterocycles. The number of hydrogen-bond acceptors (Lipinski definition) is 4. The van der Waals surface area contributed by atoms with Crippen molar-refractivity contribution in [1.82, 2.24) is 0 Å². The summed E-state index contributed by atoms with van der Waals surface area (Å²) < 4.78 is 0. The predicted octanol–water partition coefficient (Wildman–Crippen LogP) is 3.46. The predicted molar refractivity (Wildman–Crippen MR) is 95.1 cm³/mol. The summed E-state index contributed by atoms with van der Waals surface area (Å²) in [6.07, 6.45) is 11.3. The van der Waals surface area contributed by atoms with Crippen LogP contribution in [0.15, 0.2) is 0 Å². The molecule has 0 heterocycles. The minimum atomic E-state index is -0.918. The van der Waals surface area contributed by atoms with Gasteiger partial charge >= 0.3 is 19.5 Å². The second-order valence-corrected chi connectivity index (χ2v) is 7.44. The van der Waals surface area contributed by atoms with Crippen molar-refractivity contribution in [3.05, 3.63) is 0 Å². The van der Waals surface area contributed by atoms with Gasteiger partial charge in [-0.3, -0.25) is 0 Å². The third-order valence-electron chi connectivity index (χ3n) is 3.82. The molecule has 0 unspecified atom stereocenters. The van der Waals surface area contributed by atoms with Crippen molar-refractivity contribution >= 4 is 11.9 Å². The number of aliphatic carboxylic acids is 2. The van der Waals surface area contributed by atoms with Gasteiger partial charge in [-0.2, -0.15) is 0 Å². The zero-order valence-electron chi connectivity index (χ0n) is 17.0. The summed E-state index contributed by atoms with van der Waals surface area (Å²) in [7, 11) is 0. The van der Waals surface area contributed by atoms with E-state index in [4.69, 9.17) is 0 Å². The molecule has 0 bridgehead atoms. The molecule has 0 aliphatic carbocycles. The summed E-state index contributed by atoms with van der Waals surface area (Å²) in [5.41, 5.74) is 0. The van der Waals surface area contributed by atoms with Crippen molar-refractivity contribution < 1.29 is 39.3 Å². The van der Waals surface area contributed by atoms with Crippen molar-refractivity contribution in [2.75, 3.05) is 0 Å². The van der Waals surface area contributed by atoms with Crippen molar-refractivity contribution in [3.8, 4) is 0 Å². The summed E-state index contributed by atoms with van der Waals surface area (Å²) >= 11 is 0. The summed E-state index contributed by atoms with van der Waals surface area (Å²) in [4.78, 5) is 20.1. The molecule has 0 aliphatic rings. The average Bonchev–Trinajstić information content (AvgIpc) is 2.46. The Hall–Kier alpha value is -0.437. The average molecular weight is 408 g/mol. The van der Waals surface area contributed by atoms with Crippen LogP contribution < -0.4 is 10.2 Å². The van der Waals surface area contributed by atoms with Crippen LogP contribution >= 0.6 is 0 Å². The van der Waals surface area contributed by atoms with Crippen molar-refractivity contribution in [2.24, 2.45) is 11.8 Å². The quantitative estimate of drug-likeness (QED) is 0.326. The number of unbranched alkanes of at least 4 members (excludes halogenated alkanes) is 6. The molecule has 0 aromatic carbocycles. The molecule has 0 saturated heterocycles. The van der Waals surface area contributed by atoms with Crippen molar-refractivity contribution in [1.29, 1.82) is 0 Å². The van der Waals surface area contributed by atoms with Crippen LogP contribution in [-0.2, 0) is 29.1 Å². The maximum Gasteiger partial charge on any atom is 2.00 e. The zero-order chi connectivity index (χ0) is 18.8. The molecule has 0 fully saturated rings. The van der Waals surface area contributed by atoms with Crippen LogP contribution in [0, 0.1) is 11.8 Å². The fourth-order valence-electron chi connectivity index (χ4n) is 2.35. The van der Waals surface area contributed by atoms with Gasteiger partial charge in [0.15, 0.2) is 0 Å². The second kappa shape index (κ2) is 21.6. The monoisotopic (exact) mass is 406 g/mol. The molecule has 144 valence electrons. The van der Waals surface area contributed by atoms with Gasteiger partial charge in [-0.1, -0.05) is 79.1 Å². The topological polar surface area (TPSA) is 80.3 Å². The maximum atomic E-state index is 10.0. The van der Waals surface area contributed by atoms with Gasteiger partial charge in [-0.05, 0) is 37.5 Å². The van der Waals surface area contributed by atoms with E-state index in [1.165, 1.54) is 25.7 Å². The van der Waals surface area contributed by atoms with Crippen LogP contribution in [0.5, 0.6) is 0 Å². The summed E-state index contributed by atoms with van der Waals surface area (Å²) in [5, 5.41) is 20.1. The SMILES string of the molecule is CC(C)CCCCCCC(=O)[O-].CC(C)CCCCCCC(=O)[O-].[Zn+2]. The van der Waals surface area contributed by atoms with Gasteiger partial charge in [-0.15, -0.1) is 0 Å². The number of carboxylic acid groups (broad SMARTS) is 2. The molecule has 0 atom stereocenters. The van der Waals surface area contributed by atoms with E-state index in [9.17, 15) is 19.8 Å². The molecule has 0 aromatic rings. The van der Waals surface area contributed by atoms with Gasteiger partial charge in [0.25, 0.3) is 0 Å². The van der Waals surface area contributed by atoms with Gasteiger partial charge in [0.05, 0.1) is 0 Å². The Labute approximate surface area is 167 Å². The summed E-state index contributed by atoms with van der Waals surface area (Å²) in [6.45, 7) is 8.84. The van der Waals surface area contributed by atoms with Crippen molar-refractivity contribution in [3.63, 3.8) is 0 Å². The molecule has 0 spiro atoms. The van der Waals surface area contributed by atoms with Gasteiger partial charge in [0.1, 0.15) is 0 Å². The number of carbonyl (C=O) groups excluding carboxylic acids is 2. The first-order valence-corrected chi connectivity index (χ1v) is 9.65. The molecule has 5 heteroatoms. The Morgan fingerprint density at radius 3 is 1.12 bits per heavy atom. The molecular weight excluding hydrogens is 370 g/mol. The van der Waals surface area contributed by atoms with E-state index >= 15 is 0 Å². The third-order valence-corrected chi connectivity index (χ3v) is 3.82. The van der Waals surface area contributed by atoms with Crippen LogP contribution in [0.3, 0.4) is 0 Å². The minimum absolute atomic E-state index is 0. The first-order valence-electron chi connectivity index (χ1n) is 9.65. The molecule has 0 amide bonds. The molecule has 0 N–H and O–H groups in total. The number of hydrogen-bond donors (Lipinski definition) is 0. The standard InChI is InChI=1S/2C10H20O2.Zn/c2*1-9(2)7-5-3-4-6-8-10(11)12;/h2*9H,3-8H2,1-2H3,(H,11,12);/q;;+2/p-2.